The highest BCUT2D eigenvalue weighted by Crippen LogP contribution is 2.47. The second-order valence-electron chi connectivity index (χ2n) is 4.87. The van der Waals surface area contributed by atoms with Gasteiger partial charge in [0, 0.05) is 31.4 Å². The molecule has 0 radical (unpaired) electrons. The zero-order valence-electron chi connectivity index (χ0n) is 13.0. The van der Waals surface area contributed by atoms with Gasteiger partial charge in [0.15, 0.2) is 0 Å². The average molecular weight is 367 g/mol. The van der Waals surface area contributed by atoms with Crippen LogP contribution in [-0.4, -0.2) is 36.1 Å². The van der Waals surface area contributed by atoms with Crippen LogP contribution >= 0.6 is 30.9 Å². The van der Waals surface area contributed by atoms with Crippen LogP contribution in [0.5, 0.6) is 0 Å². The molecule has 0 heterocycles. The van der Waals surface area contributed by atoms with Crippen LogP contribution in [0, 0.1) is 0 Å². The number of nitrogens with zero attached hydrogens (tertiary/aromatic N) is 1. The second kappa shape index (κ2) is 11.4. The smallest absolute Gasteiger partial charge is 0.301 e. The Labute approximate surface area is 143 Å². The summed E-state index contributed by atoms with van der Waals surface area (Å²) in [6.07, 6.45) is 1.96. The van der Waals surface area contributed by atoms with Crippen molar-refractivity contribution in [3.05, 3.63) is 35.9 Å². The monoisotopic (exact) mass is 366 g/mol. The van der Waals surface area contributed by atoms with Gasteiger partial charge < -0.3 is 4.52 Å². The van der Waals surface area contributed by atoms with Gasteiger partial charge >= 0.3 is 7.67 Å². The molecule has 0 aliphatic rings. The first-order valence-corrected chi connectivity index (χ1v) is 10.2. The lowest BCUT2D eigenvalue weighted by Crippen LogP contribution is -2.33. The van der Waals surface area contributed by atoms with Gasteiger partial charge in [-0.1, -0.05) is 43.7 Å². The summed E-state index contributed by atoms with van der Waals surface area (Å²) in [6.45, 7) is 3.97. The number of rotatable bonds is 12. The lowest BCUT2D eigenvalue weighted by molar-refractivity contribution is 0.247. The van der Waals surface area contributed by atoms with Crippen molar-refractivity contribution >= 4 is 30.9 Å². The van der Waals surface area contributed by atoms with Crippen molar-refractivity contribution in [2.45, 2.75) is 26.4 Å². The highest BCUT2D eigenvalue weighted by Gasteiger charge is 2.30. The molecule has 0 aliphatic carbocycles. The summed E-state index contributed by atoms with van der Waals surface area (Å²) in [4.78, 5) is 0. The Balaban J connectivity index is 2.76. The standard InChI is InChI=1S/C15H25Cl2N2O2P/c1-2-3-11-18-22(20,19(12-9-16)13-10-17)21-14-15-7-5-4-6-8-15/h4-8H,2-3,9-14H2,1H3,(H,18,20)/t22-/m0/s1. The van der Waals surface area contributed by atoms with Crippen LogP contribution < -0.4 is 5.09 Å². The quantitative estimate of drug-likeness (QED) is 0.336. The molecular formula is C15H25Cl2N2O2P. The van der Waals surface area contributed by atoms with Gasteiger partial charge in [-0.15, -0.1) is 23.2 Å². The minimum absolute atomic E-state index is 0.290. The van der Waals surface area contributed by atoms with Crippen LogP contribution in [0.1, 0.15) is 25.3 Å². The lowest BCUT2D eigenvalue weighted by Gasteiger charge is -2.30. The third-order valence-corrected chi connectivity index (χ3v) is 5.73. The lowest BCUT2D eigenvalue weighted by atomic mass is 10.2. The first-order valence-electron chi connectivity index (χ1n) is 7.57. The molecule has 1 aromatic carbocycles. The van der Waals surface area contributed by atoms with Crippen LogP contribution in [0.3, 0.4) is 0 Å². The third-order valence-electron chi connectivity index (χ3n) is 3.15. The molecule has 1 rings (SSSR count). The Kier molecular flexibility index (Phi) is 10.4. The molecule has 0 aromatic heterocycles. The first kappa shape index (κ1) is 20.0. The zero-order chi connectivity index (χ0) is 16.3. The van der Waals surface area contributed by atoms with Gasteiger partial charge in [0.25, 0.3) is 0 Å². The fourth-order valence-corrected chi connectivity index (χ4v) is 4.52. The predicted octanol–water partition coefficient (Wildman–Crippen LogP) is 4.48. The van der Waals surface area contributed by atoms with E-state index in [1.54, 1.807) is 4.67 Å². The SMILES string of the molecule is CCCCN[P@](=O)(OCc1ccccc1)N(CCCl)CCCl. The molecule has 0 amide bonds. The van der Waals surface area contributed by atoms with Crippen molar-refractivity contribution in [1.29, 1.82) is 0 Å². The fraction of sp³-hybridized carbons (Fsp3) is 0.600. The normalized spacial score (nSPS) is 14.2. The zero-order valence-corrected chi connectivity index (χ0v) is 15.4. The third kappa shape index (κ3) is 6.99. The van der Waals surface area contributed by atoms with E-state index in [2.05, 4.69) is 12.0 Å². The highest BCUT2D eigenvalue weighted by atomic mass is 35.5. The van der Waals surface area contributed by atoms with E-state index in [0.717, 1.165) is 18.4 Å². The number of unbranched alkanes of at least 4 members (excludes halogenated alkanes) is 1. The van der Waals surface area contributed by atoms with Crippen LogP contribution in [0.2, 0.25) is 0 Å². The number of nitrogens with one attached hydrogen (secondary N) is 1. The van der Waals surface area contributed by atoms with Crippen LogP contribution in [0.15, 0.2) is 30.3 Å². The molecule has 0 saturated carbocycles. The van der Waals surface area contributed by atoms with Crippen molar-refractivity contribution in [2.24, 2.45) is 0 Å². The second-order valence-corrected chi connectivity index (χ2v) is 7.81. The van der Waals surface area contributed by atoms with E-state index in [1.807, 2.05) is 30.3 Å². The number of benzene rings is 1. The van der Waals surface area contributed by atoms with Gasteiger partial charge in [0.05, 0.1) is 6.61 Å². The molecule has 126 valence electrons. The van der Waals surface area contributed by atoms with Crippen molar-refractivity contribution in [3.63, 3.8) is 0 Å². The maximum Gasteiger partial charge on any atom is 0.343 e. The first-order chi connectivity index (χ1) is 10.7. The number of hydrogen-bond acceptors (Lipinski definition) is 2. The van der Waals surface area contributed by atoms with Gasteiger partial charge in [-0.05, 0) is 12.0 Å². The molecule has 1 atom stereocenters. The summed E-state index contributed by atoms with van der Waals surface area (Å²) in [5, 5.41) is 3.08. The molecule has 0 fully saturated rings. The molecule has 0 aliphatic heterocycles. The van der Waals surface area contributed by atoms with E-state index in [9.17, 15) is 4.57 Å². The molecule has 1 aromatic rings. The number of alkyl halides is 2. The van der Waals surface area contributed by atoms with Crippen LogP contribution in [-0.2, 0) is 15.7 Å². The molecule has 0 spiro atoms. The van der Waals surface area contributed by atoms with E-state index in [-0.39, 0.29) is 6.61 Å². The molecule has 0 unspecified atom stereocenters. The summed E-state index contributed by atoms with van der Waals surface area (Å²) in [7, 11) is -3.14. The average Bonchev–Trinajstić information content (AvgIpc) is 2.54. The van der Waals surface area contributed by atoms with Gasteiger partial charge in [-0.3, -0.25) is 4.57 Å². The molecule has 0 saturated heterocycles. The predicted molar refractivity (Wildman–Crippen MR) is 94.8 cm³/mol. The maximum absolute atomic E-state index is 13.2. The van der Waals surface area contributed by atoms with Crippen LogP contribution in [0.25, 0.3) is 0 Å². The van der Waals surface area contributed by atoms with Crippen molar-refractivity contribution in [3.8, 4) is 0 Å². The van der Waals surface area contributed by atoms with E-state index in [1.165, 1.54) is 0 Å². The van der Waals surface area contributed by atoms with E-state index >= 15 is 0 Å². The minimum atomic E-state index is -3.14. The Morgan fingerprint density at radius 3 is 2.36 bits per heavy atom. The Morgan fingerprint density at radius 2 is 1.82 bits per heavy atom. The molecule has 7 heteroatoms. The summed E-state index contributed by atoms with van der Waals surface area (Å²) in [6, 6.07) is 9.70. The van der Waals surface area contributed by atoms with Crippen molar-refractivity contribution in [2.75, 3.05) is 31.4 Å². The molecular weight excluding hydrogens is 342 g/mol. The Morgan fingerprint density at radius 1 is 1.18 bits per heavy atom. The number of halogens is 2. The van der Waals surface area contributed by atoms with Crippen LogP contribution in [0.4, 0.5) is 0 Å². The van der Waals surface area contributed by atoms with Gasteiger partial charge in [0.2, 0.25) is 0 Å². The van der Waals surface area contributed by atoms with E-state index in [0.29, 0.717) is 31.4 Å². The van der Waals surface area contributed by atoms with Gasteiger partial charge in [-0.2, -0.15) is 0 Å². The summed E-state index contributed by atoms with van der Waals surface area (Å²) < 4.78 is 20.7. The van der Waals surface area contributed by atoms with E-state index in [4.69, 9.17) is 27.7 Å². The molecule has 22 heavy (non-hydrogen) atoms. The maximum atomic E-state index is 13.2. The molecule has 0 bridgehead atoms. The highest BCUT2D eigenvalue weighted by molar-refractivity contribution is 7.54. The van der Waals surface area contributed by atoms with Crippen molar-refractivity contribution < 1.29 is 9.09 Å². The fourth-order valence-electron chi connectivity index (χ4n) is 1.93. The summed E-state index contributed by atoms with van der Waals surface area (Å²) in [5.41, 5.74) is 0.983. The Bertz CT molecular complexity index is 442. The van der Waals surface area contributed by atoms with E-state index < -0.39 is 7.67 Å². The summed E-state index contributed by atoms with van der Waals surface area (Å²) >= 11 is 11.7. The largest absolute Gasteiger partial charge is 0.343 e. The van der Waals surface area contributed by atoms with Gasteiger partial charge in [-0.25, -0.2) is 9.76 Å². The number of hydrogen-bond donors (Lipinski definition) is 1. The summed E-state index contributed by atoms with van der Waals surface area (Å²) in [5.74, 6) is 0.760. The molecule has 1 N–H and O–H groups in total. The van der Waals surface area contributed by atoms with Crippen molar-refractivity contribution in [1.82, 2.24) is 9.76 Å². The topological polar surface area (TPSA) is 41.6 Å². The Hall–Kier alpha value is -0.0900. The minimum Gasteiger partial charge on any atom is -0.301 e. The molecule has 4 nitrogen and oxygen atoms in total. The van der Waals surface area contributed by atoms with Gasteiger partial charge in [0.1, 0.15) is 0 Å².